The molecule has 0 saturated heterocycles. The third-order valence-corrected chi connectivity index (χ3v) is 4.52. The number of nitrogens with zero attached hydrogens (tertiary/aromatic N) is 4. The number of rotatable bonds is 4. The van der Waals surface area contributed by atoms with Crippen molar-refractivity contribution < 1.29 is 9.47 Å². The van der Waals surface area contributed by atoms with Gasteiger partial charge in [0, 0.05) is 24.0 Å². The summed E-state index contributed by atoms with van der Waals surface area (Å²) < 4.78 is 12.8. The Bertz CT molecular complexity index is 865. The van der Waals surface area contributed by atoms with Crippen molar-refractivity contribution >= 4 is 5.95 Å². The summed E-state index contributed by atoms with van der Waals surface area (Å²) in [6, 6.07) is 9.98. The molecule has 4 rings (SSSR count). The molecule has 2 aromatic heterocycles. The van der Waals surface area contributed by atoms with E-state index >= 15 is 0 Å². The van der Waals surface area contributed by atoms with E-state index in [0.717, 1.165) is 35.0 Å². The van der Waals surface area contributed by atoms with Crippen molar-refractivity contribution in [1.82, 2.24) is 19.7 Å². The number of methoxy groups -OCH3 is 2. The van der Waals surface area contributed by atoms with Crippen LogP contribution in [0.25, 0.3) is 0 Å². The fraction of sp³-hybridized carbons (Fsp3) is 0.278. The summed E-state index contributed by atoms with van der Waals surface area (Å²) in [4.78, 5) is 8.59. The second-order valence-corrected chi connectivity index (χ2v) is 5.87. The third-order valence-electron chi connectivity index (χ3n) is 4.52. The first kappa shape index (κ1) is 15.4. The number of pyridine rings is 1. The van der Waals surface area contributed by atoms with E-state index in [1.807, 2.05) is 35.1 Å². The molecule has 7 nitrogen and oxygen atoms in total. The monoisotopic (exact) mass is 337 g/mol. The second kappa shape index (κ2) is 6.43. The van der Waals surface area contributed by atoms with Crippen molar-refractivity contribution in [2.45, 2.75) is 18.5 Å². The second-order valence-electron chi connectivity index (χ2n) is 5.87. The predicted molar refractivity (Wildman–Crippen MR) is 92.9 cm³/mol. The number of benzene rings is 1. The summed E-state index contributed by atoms with van der Waals surface area (Å²) in [6.07, 6.45) is 6.03. The van der Waals surface area contributed by atoms with E-state index in [-0.39, 0.29) is 12.1 Å². The zero-order valence-electron chi connectivity index (χ0n) is 14.1. The van der Waals surface area contributed by atoms with Gasteiger partial charge in [0.05, 0.1) is 26.3 Å². The lowest BCUT2D eigenvalue weighted by molar-refractivity contribution is 0.371. The Kier molecular flexibility index (Phi) is 3.97. The summed E-state index contributed by atoms with van der Waals surface area (Å²) in [7, 11) is 3.31. The summed E-state index contributed by atoms with van der Waals surface area (Å²) in [5, 5.41) is 7.84. The zero-order valence-corrected chi connectivity index (χ0v) is 14.1. The van der Waals surface area contributed by atoms with Gasteiger partial charge in [-0.3, -0.25) is 4.98 Å². The van der Waals surface area contributed by atoms with Crippen molar-refractivity contribution in [2.24, 2.45) is 0 Å². The van der Waals surface area contributed by atoms with E-state index in [2.05, 4.69) is 26.4 Å². The van der Waals surface area contributed by atoms with Gasteiger partial charge in [-0.05, 0) is 30.2 Å². The standard InChI is InChI=1S/C18H19N5O2/c1-24-13-5-6-14(17(8-13)25-2)16-9-15(12-4-3-7-19-10-12)22-18-20-11-21-23(16)18/h3-8,10-11,15-16H,9H2,1-2H3,(H,20,21,22)/t15-,16-/m0/s1. The number of anilines is 1. The van der Waals surface area contributed by atoms with Crippen molar-refractivity contribution in [3.05, 3.63) is 60.2 Å². The molecule has 0 bridgehead atoms. The topological polar surface area (TPSA) is 74.1 Å². The maximum atomic E-state index is 5.60. The first-order chi connectivity index (χ1) is 12.3. The molecular weight excluding hydrogens is 318 g/mol. The highest BCUT2D eigenvalue weighted by molar-refractivity contribution is 5.45. The molecule has 1 aromatic carbocycles. The molecule has 25 heavy (non-hydrogen) atoms. The van der Waals surface area contributed by atoms with Gasteiger partial charge in [-0.2, -0.15) is 10.1 Å². The molecule has 1 N–H and O–H groups in total. The average molecular weight is 337 g/mol. The van der Waals surface area contributed by atoms with E-state index in [0.29, 0.717) is 0 Å². The van der Waals surface area contributed by atoms with E-state index in [9.17, 15) is 0 Å². The minimum absolute atomic E-state index is 0.00446. The fourth-order valence-electron chi connectivity index (χ4n) is 3.27. The Hall–Kier alpha value is -3.09. The predicted octanol–water partition coefficient (Wildman–Crippen LogP) is 2.84. The molecular formula is C18H19N5O2. The third kappa shape index (κ3) is 2.77. The van der Waals surface area contributed by atoms with Crippen LogP contribution in [0.4, 0.5) is 5.95 Å². The van der Waals surface area contributed by atoms with Crippen LogP contribution in [0.1, 0.15) is 29.6 Å². The highest BCUT2D eigenvalue weighted by Crippen LogP contribution is 2.41. The van der Waals surface area contributed by atoms with Gasteiger partial charge in [-0.15, -0.1) is 0 Å². The van der Waals surface area contributed by atoms with Crippen molar-refractivity contribution in [1.29, 1.82) is 0 Å². The van der Waals surface area contributed by atoms with Gasteiger partial charge in [-0.1, -0.05) is 6.07 Å². The molecule has 0 radical (unpaired) electrons. The van der Waals surface area contributed by atoms with E-state index in [1.54, 1.807) is 26.7 Å². The molecule has 1 aliphatic heterocycles. The lowest BCUT2D eigenvalue weighted by Gasteiger charge is -2.32. The first-order valence-corrected chi connectivity index (χ1v) is 8.08. The number of aromatic nitrogens is 4. The van der Waals surface area contributed by atoms with Crippen LogP contribution in [0.5, 0.6) is 11.5 Å². The van der Waals surface area contributed by atoms with Crippen LogP contribution in [0, 0.1) is 0 Å². The number of nitrogens with one attached hydrogen (secondary N) is 1. The maximum Gasteiger partial charge on any atom is 0.222 e. The van der Waals surface area contributed by atoms with Crippen LogP contribution in [0.3, 0.4) is 0 Å². The number of fused-ring (bicyclic) bond motifs is 1. The quantitative estimate of drug-likeness (QED) is 0.789. The number of ether oxygens (including phenoxy) is 2. The van der Waals surface area contributed by atoms with Crippen LogP contribution in [-0.2, 0) is 0 Å². The van der Waals surface area contributed by atoms with Gasteiger partial charge < -0.3 is 14.8 Å². The molecule has 2 atom stereocenters. The lowest BCUT2D eigenvalue weighted by atomic mass is 9.93. The smallest absolute Gasteiger partial charge is 0.222 e. The summed E-state index contributed by atoms with van der Waals surface area (Å²) in [6.45, 7) is 0. The Morgan fingerprint density at radius 3 is 2.88 bits per heavy atom. The molecule has 0 unspecified atom stereocenters. The molecule has 3 aromatic rings. The van der Waals surface area contributed by atoms with Gasteiger partial charge >= 0.3 is 0 Å². The van der Waals surface area contributed by atoms with Gasteiger partial charge in [0.2, 0.25) is 5.95 Å². The Labute approximate surface area is 145 Å². The molecule has 0 amide bonds. The van der Waals surface area contributed by atoms with Crippen molar-refractivity contribution in [3.63, 3.8) is 0 Å². The highest BCUT2D eigenvalue weighted by atomic mass is 16.5. The Morgan fingerprint density at radius 1 is 1.20 bits per heavy atom. The molecule has 1 aliphatic rings. The normalized spacial score (nSPS) is 19.0. The van der Waals surface area contributed by atoms with E-state index in [1.165, 1.54) is 0 Å². The van der Waals surface area contributed by atoms with E-state index in [4.69, 9.17) is 9.47 Å². The molecule has 0 spiro atoms. The Morgan fingerprint density at radius 2 is 2.12 bits per heavy atom. The fourth-order valence-corrected chi connectivity index (χ4v) is 3.27. The Balaban J connectivity index is 1.76. The molecule has 0 saturated carbocycles. The van der Waals surface area contributed by atoms with Crippen LogP contribution in [0.15, 0.2) is 49.1 Å². The number of hydrogen-bond donors (Lipinski definition) is 1. The summed E-state index contributed by atoms with van der Waals surface area (Å²) in [5.41, 5.74) is 2.17. The highest BCUT2D eigenvalue weighted by Gasteiger charge is 2.31. The molecule has 3 heterocycles. The van der Waals surface area contributed by atoms with Gasteiger partial charge in [-0.25, -0.2) is 4.68 Å². The van der Waals surface area contributed by atoms with Gasteiger partial charge in [0.25, 0.3) is 0 Å². The number of hydrogen-bond acceptors (Lipinski definition) is 6. The molecule has 128 valence electrons. The van der Waals surface area contributed by atoms with Crippen LogP contribution in [0.2, 0.25) is 0 Å². The minimum atomic E-state index is 0.00446. The molecule has 0 fully saturated rings. The summed E-state index contributed by atoms with van der Waals surface area (Å²) in [5.74, 6) is 2.28. The van der Waals surface area contributed by atoms with Crippen molar-refractivity contribution in [2.75, 3.05) is 19.5 Å². The SMILES string of the molecule is COc1ccc([C@@H]2C[C@@H](c3cccnc3)Nc3ncnn32)c(OC)c1. The first-order valence-electron chi connectivity index (χ1n) is 8.08. The van der Waals surface area contributed by atoms with Crippen LogP contribution < -0.4 is 14.8 Å². The molecule has 0 aliphatic carbocycles. The minimum Gasteiger partial charge on any atom is -0.497 e. The van der Waals surface area contributed by atoms with Crippen LogP contribution in [-0.4, -0.2) is 34.0 Å². The van der Waals surface area contributed by atoms with Gasteiger partial charge in [0.1, 0.15) is 17.8 Å². The van der Waals surface area contributed by atoms with Crippen LogP contribution >= 0.6 is 0 Å². The largest absolute Gasteiger partial charge is 0.497 e. The summed E-state index contributed by atoms with van der Waals surface area (Å²) >= 11 is 0. The maximum absolute atomic E-state index is 5.60. The van der Waals surface area contributed by atoms with Crippen molar-refractivity contribution in [3.8, 4) is 11.5 Å². The average Bonchev–Trinajstić information content (AvgIpc) is 3.16. The molecule has 7 heteroatoms. The zero-order chi connectivity index (χ0) is 17.2. The van der Waals surface area contributed by atoms with E-state index < -0.39 is 0 Å². The lowest BCUT2D eigenvalue weighted by Crippen LogP contribution is -2.28. The van der Waals surface area contributed by atoms with Gasteiger partial charge in [0.15, 0.2) is 0 Å².